The van der Waals surface area contributed by atoms with Gasteiger partial charge in [0, 0.05) is 0 Å². The SMILES string of the molecule is O=CN(O)CC(O)CP(=O)(O)O.[H-].[Na+]. The molecule has 0 saturated heterocycles. The molecule has 0 aliphatic carbocycles. The number of amides is 1. The van der Waals surface area contributed by atoms with E-state index in [-0.39, 0.29) is 42.5 Å². The Kier molecular flexibility index (Phi) is 8.50. The second-order valence-electron chi connectivity index (χ2n) is 2.23. The molecule has 0 bridgehead atoms. The van der Waals surface area contributed by atoms with E-state index in [0.717, 1.165) is 0 Å². The number of hydroxylamine groups is 2. The maximum Gasteiger partial charge on any atom is 1.00 e. The zero-order chi connectivity index (χ0) is 9.78. The molecular formula is C4H11NNaO6P. The van der Waals surface area contributed by atoms with Crippen molar-refractivity contribution in [1.82, 2.24) is 5.06 Å². The van der Waals surface area contributed by atoms with E-state index in [9.17, 15) is 9.36 Å². The quantitative estimate of drug-likeness (QED) is 0.123. The molecule has 1 atom stereocenters. The van der Waals surface area contributed by atoms with E-state index in [0.29, 0.717) is 0 Å². The maximum absolute atomic E-state index is 10.3. The average Bonchev–Trinajstić information content (AvgIpc) is 1.82. The first-order valence-corrected chi connectivity index (χ1v) is 4.78. The third kappa shape index (κ3) is 10.5. The van der Waals surface area contributed by atoms with Crippen LogP contribution in [0.15, 0.2) is 0 Å². The van der Waals surface area contributed by atoms with Crippen molar-refractivity contribution < 1.29 is 60.4 Å². The van der Waals surface area contributed by atoms with Crippen LogP contribution in [0.3, 0.4) is 0 Å². The number of nitrogens with zero attached hydrogens (tertiary/aromatic N) is 1. The van der Waals surface area contributed by atoms with Gasteiger partial charge in [-0.3, -0.25) is 14.6 Å². The van der Waals surface area contributed by atoms with E-state index in [1.165, 1.54) is 0 Å². The smallest absolute Gasteiger partial charge is 1.00 e. The van der Waals surface area contributed by atoms with Crippen LogP contribution >= 0.6 is 7.60 Å². The second-order valence-corrected chi connectivity index (χ2v) is 3.92. The molecule has 0 aromatic heterocycles. The summed E-state index contributed by atoms with van der Waals surface area (Å²) in [5.74, 6) is 0. The molecule has 7 nitrogen and oxygen atoms in total. The van der Waals surface area contributed by atoms with Crippen molar-refractivity contribution in [3.8, 4) is 0 Å². The molecule has 1 amide bonds. The van der Waals surface area contributed by atoms with Gasteiger partial charge in [-0.15, -0.1) is 0 Å². The molecule has 4 N–H and O–H groups in total. The molecule has 9 heteroatoms. The Labute approximate surface area is 98.2 Å². The Balaban J connectivity index is -0.000000605. The molecule has 0 rings (SSSR count). The topological polar surface area (TPSA) is 118 Å². The van der Waals surface area contributed by atoms with Crippen LogP contribution in [-0.4, -0.2) is 50.4 Å². The molecule has 0 aromatic carbocycles. The Morgan fingerprint density at radius 2 is 2.00 bits per heavy atom. The van der Waals surface area contributed by atoms with Gasteiger partial charge < -0.3 is 16.3 Å². The minimum atomic E-state index is -4.29. The fourth-order valence-corrected chi connectivity index (χ4v) is 1.26. The van der Waals surface area contributed by atoms with Crippen molar-refractivity contribution >= 4 is 14.0 Å². The van der Waals surface area contributed by atoms with Crippen molar-refractivity contribution in [1.29, 1.82) is 0 Å². The molecule has 0 spiro atoms. The van der Waals surface area contributed by atoms with Gasteiger partial charge in [0.25, 0.3) is 0 Å². The first-order chi connectivity index (χ1) is 5.35. The van der Waals surface area contributed by atoms with Gasteiger partial charge in [0.15, 0.2) is 0 Å². The predicted molar refractivity (Wildman–Crippen MR) is 38.6 cm³/mol. The van der Waals surface area contributed by atoms with Gasteiger partial charge in [0.1, 0.15) is 0 Å². The summed E-state index contributed by atoms with van der Waals surface area (Å²) in [6.07, 6.45) is -2.18. The van der Waals surface area contributed by atoms with Crippen molar-refractivity contribution in [2.45, 2.75) is 6.10 Å². The van der Waals surface area contributed by atoms with E-state index in [1.807, 2.05) is 0 Å². The molecular weight excluding hydrogens is 212 g/mol. The number of carbonyl (C=O) groups excluding carboxylic acids is 1. The number of hydrogen-bond acceptors (Lipinski definition) is 4. The normalized spacial score (nSPS) is 12.9. The van der Waals surface area contributed by atoms with Crippen LogP contribution in [0.4, 0.5) is 0 Å². The largest absolute Gasteiger partial charge is 1.00 e. The molecule has 0 aliphatic rings. The van der Waals surface area contributed by atoms with Crippen molar-refractivity contribution in [2.24, 2.45) is 0 Å². The molecule has 74 valence electrons. The minimum absolute atomic E-state index is 0. The van der Waals surface area contributed by atoms with E-state index >= 15 is 0 Å². The van der Waals surface area contributed by atoms with Gasteiger partial charge in [-0.25, -0.2) is 5.06 Å². The van der Waals surface area contributed by atoms with E-state index in [4.69, 9.17) is 20.1 Å². The Morgan fingerprint density at radius 1 is 1.54 bits per heavy atom. The van der Waals surface area contributed by atoms with Gasteiger partial charge in [-0.2, -0.15) is 0 Å². The van der Waals surface area contributed by atoms with E-state index in [1.54, 1.807) is 0 Å². The average molecular weight is 223 g/mol. The van der Waals surface area contributed by atoms with Crippen LogP contribution in [0.5, 0.6) is 0 Å². The Bertz CT molecular complexity index is 200. The monoisotopic (exact) mass is 223 g/mol. The molecule has 0 fully saturated rings. The van der Waals surface area contributed by atoms with Crippen LogP contribution in [0.25, 0.3) is 0 Å². The predicted octanol–water partition coefficient (Wildman–Crippen LogP) is -4.51. The van der Waals surface area contributed by atoms with Crippen molar-refractivity contribution in [3.05, 3.63) is 0 Å². The zero-order valence-electron chi connectivity index (χ0n) is 8.07. The summed E-state index contributed by atoms with van der Waals surface area (Å²) in [5, 5.41) is 17.4. The molecule has 0 heterocycles. The number of rotatable bonds is 5. The summed E-state index contributed by atoms with van der Waals surface area (Å²) in [7, 11) is -4.29. The Hall–Kier alpha value is 0.540. The maximum atomic E-state index is 10.3. The molecule has 0 aliphatic heterocycles. The van der Waals surface area contributed by atoms with Crippen LogP contribution in [0.1, 0.15) is 1.43 Å². The number of aliphatic hydroxyl groups excluding tert-OH is 1. The van der Waals surface area contributed by atoms with Gasteiger partial charge in [-0.1, -0.05) is 0 Å². The minimum Gasteiger partial charge on any atom is -1.00 e. The summed E-state index contributed by atoms with van der Waals surface area (Å²) >= 11 is 0. The third-order valence-electron chi connectivity index (χ3n) is 0.968. The first-order valence-electron chi connectivity index (χ1n) is 2.98. The number of carbonyl (C=O) groups is 1. The standard InChI is InChI=1S/C4H10NO6P.Na.H/c6-3-5(8)1-4(7)2-12(9,10)11;;/h3-4,7-8H,1-2H2,(H2,9,10,11);;/q;+1;-1. The van der Waals surface area contributed by atoms with Crippen LogP contribution in [0.2, 0.25) is 0 Å². The number of hydrogen-bond donors (Lipinski definition) is 4. The van der Waals surface area contributed by atoms with Crippen LogP contribution < -0.4 is 29.6 Å². The van der Waals surface area contributed by atoms with Crippen LogP contribution in [0, 0.1) is 0 Å². The number of aliphatic hydroxyl groups is 1. The van der Waals surface area contributed by atoms with E-state index in [2.05, 4.69) is 0 Å². The van der Waals surface area contributed by atoms with E-state index < -0.39 is 26.4 Å². The molecule has 13 heavy (non-hydrogen) atoms. The molecule has 0 radical (unpaired) electrons. The van der Waals surface area contributed by atoms with Gasteiger partial charge in [0.05, 0.1) is 18.8 Å². The third-order valence-corrected chi connectivity index (χ3v) is 1.87. The summed E-state index contributed by atoms with van der Waals surface area (Å²) in [6.45, 7) is -0.519. The van der Waals surface area contributed by atoms with Gasteiger partial charge in [0.2, 0.25) is 6.41 Å². The fraction of sp³-hybridized carbons (Fsp3) is 0.750. The summed E-state index contributed by atoms with van der Waals surface area (Å²) in [6, 6.07) is 0. The summed E-state index contributed by atoms with van der Waals surface area (Å²) < 4.78 is 10.3. The van der Waals surface area contributed by atoms with Crippen LogP contribution in [-0.2, 0) is 9.36 Å². The van der Waals surface area contributed by atoms with Crippen molar-refractivity contribution in [2.75, 3.05) is 12.7 Å². The molecule has 0 saturated carbocycles. The first kappa shape index (κ1) is 16.0. The van der Waals surface area contributed by atoms with Gasteiger partial charge in [-0.05, 0) is 0 Å². The second kappa shape index (κ2) is 6.92. The summed E-state index contributed by atoms with van der Waals surface area (Å²) in [5.41, 5.74) is 0. The molecule has 0 aromatic rings. The van der Waals surface area contributed by atoms with Crippen molar-refractivity contribution in [3.63, 3.8) is 0 Å². The fourth-order valence-electron chi connectivity index (χ4n) is 0.591. The Morgan fingerprint density at radius 3 is 2.31 bits per heavy atom. The van der Waals surface area contributed by atoms with Gasteiger partial charge >= 0.3 is 37.2 Å². The summed E-state index contributed by atoms with van der Waals surface area (Å²) in [4.78, 5) is 26.4. The zero-order valence-corrected chi connectivity index (χ0v) is 9.96. The molecule has 1 unspecified atom stereocenters.